The van der Waals surface area contributed by atoms with Crippen molar-refractivity contribution in [2.75, 3.05) is 0 Å². The first-order valence-corrected chi connectivity index (χ1v) is 7.93. The average molecular weight is 338 g/mol. The lowest BCUT2D eigenvalue weighted by Crippen LogP contribution is -2.14. The number of carbonyl (C=O) groups is 1. The van der Waals surface area contributed by atoms with Crippen LogP contribution in [0.3, 0.4) is 0 Å². The summed E-state index contributed by atoms with van der Waals surface area (Å²) in [6.45, 7) is 1.82. The molecule has 0 aliphatic carbocycles. The summed E-state index contributed by atoms with van der Waals surface area (Å²) in [5.41, 5.74) is 6.17. The van der Waals surface area contributed by atoms with E-state index in [1.165, 1.54) is 11.8 Å². The van der Waals surface area contributed by atoms with Crippen molar-refractivity contribution in [1.82, 2.24) is 15.0 Å². The normalized spacial score (nSPS) is 10.4. The molecule has 3 heterocycles. The van der Waals surface area contributed by atoms with E-state index in [9.17, 15) is 4.79 Å². The van der Waals surface area contributed by atoms with E-state index >= 15 is 0 Å². The molecule has 0 spiro atoms. The lowest BCUT2D eigenvalue weighted by Gasteiger charge is -2.11. The third-order valence-electron chi connectivity index (χ3n) is 3.10. The van der Waals surface area contributed by atoms with Crippen molar-refractivity contribution >= 4 is 17.7 Å². The van der Waals surface area contributed by atoms with E-state index in [0.29, 0.717) is 17.2 Å². The zero-order valence-corrected chi connectivity index (χ0v) is 13.7. The maximum atomic E-state index is 11.6. The molecule has 120 valence electrons. The van der Waals surface area contributed by atoms with Gasteiger partial charge in [-0.15, -0.1) is 0 Å². The molecule has 0 atom stereocenters. The van der Waals surface area contributed by atoms with Gasteiger partial charge in [0, 0.05) is 23.5 Å². The molecule has 0 unspecified atom stereocenters. The van der Waals surface area contributed by atoms with Gasteiger partial charge in [0.1, 0.15) is 10.8 Å². The van der Waals surface area contributed by atoms with Gasteiger partial charge in [-0.3, -0.25) is 9.78 Å². The number of hydrogen-bond acceptors (Lipinski definition) is 6. The molecule has 0 bridgehead atoms. The van der Waals surface area contributed by atoms with Crippen molar-refractivity contribution in [1.29, 1.82) is 0 Å². The molecule has 0 saturated carbocycles. The Balaban J connectivity index is 1.94. The summed E-state index contributed by atoms with van der Waals surface area (Å²) in [5, 5.41) is 0.814. The Kier molecular flexibility index (Phi) is 4.72. The maximum absolute atomic E-state index is 11.6. The molecule has 3 aromatic rings. The Hall–Kier alpha value is -2.93. The van der Waals surface area contributed by atoms with Gasteiger partial charge in [-0.25, -0.2) is 9.97 Å². The highest BCUT2D eigenvalue weighted by Gasteiger charge is 2.15. The second-order valence-electron chi connectivity index (χ2n) is 4.84. The Bertz CT molecular complexity index is 871. The molecule has 2 N–H and O–H groups in total. The van der Waals surface area contributed by atoms with E-state index in [2.05, 4.69) is 15.0 Å². The van der Waals surface area contributed by atoms with E-state index in [0.717, 1.165) is 9.92 Å². The van der Waals surface area contributed by atoms with Crippen LogP contribution >= 0.6 is 11.8 Å². The van der Waals surface area contributed by atoms with Crippen molar-refractivity contribution < 1.29 is 9.53 Å². The molecule has 0 fully saturated rings. The summed E-state index contributed by atoms with van der Waals surface area (Å²) in [5.74, 6) is 0.183. The van der Waals surface area contributed by atoms with Crippen LogP contribution in [0, 0.1) is 6.92 Å². The summed E-state index contributed by atoms with van der Waals surface area (Å²) < 4.78 is 5.82. The second kappa shape index (κ2) is 7.10. The SMILES string of the molecule is Cc1ncccc1Oc1cc(Sc2ccccn2)cnc1C(N)=O. The number of aryl methyl sites for hydroxylation is 1. The molecule has 0 aromatic carbocycles. The third kappa shape index (κ3) is 3.69. The minimum Gasteiger partial charge on any atom is -0.453 e. The van der Waals surface area contributed by atoms with Crippen LogP contribution in [0.5, 0.6) is 11.5 Å². The van der Waals surface area contributed by atoms with Gasteiger partial charge >= 0.3 is 0 Å². The van der Waals surface area contributed by atoms with E-state index in [-0.39, 0.29) is 5.69 Å². The summed E-state index contributed by atoms with van der Waals surface area (Å²) in [7, 11) is 0. The summed E-state index contributed by atoms with van der Waals surface area (Å²) in [4.78, 5) is 24.9. The third-order valence-corrected chi connectivity index (χ3v) is 4.01. The Morgan fingerprint density at radius 1 is 1.08 bits per heavy atom. The first-order chi connectivity index (χ1) is 11.6. The molecule has 3 aromatic heterocycles. The monoisotopic (exact) mass is 338 g/mol. The number of hydrogen-bond donors (Lipinski definition) is 1. The van der Waals surface area contributed by atoms with Crippen LogP contribution in [0.25, 0.3) is 0 Å². The van der Waals surface area contributed by atoms with Crippen molar-refractivity contribution in [3.63, 3.8) is 0 Å². The van der Waals surface area contributed by atoms with E-state index in [4.69, 9.17) is 10.5 Å². The predicted octanol–water partition coefficient (Wildman–Crippen LogP) is 3.22. The lowest BCUT2D eigenvalue weighted by atomic mass is 10.3. The van der Waals surface area contributed by atoms with Gasteiger partial charge in [0.05, 0.1) is 5.69 Å². The summed E-state index contributed by atoms with van der Waals surface area (Å²) >= 11 is 1.42. The number of carbonyl (C=O) groups excluding carboxylic acids is 1. The zero-order valence-electron chi connectivity index (χ0n) is 12.8. The van der Waals surface area contributed by atoms with Crippen LogP contribution in [0.4, 0.5) is 0 Å². The molecule has 0 radical (unpaired) electrons. The molecule has 1 amide bonds. The van der Waals surface area contributed by atoms with E-state index in [1.807, 2.05) is 25.1 Å². The fraction of sp³-hybridized carbons (Fsp3) is 0.0588. The predicted molar refractivity (Wildman–Crippen MR) is 90.2 cm³/mol. The van der Waals surface area contributed by atoms with Gasteiger partial charge < -0.3 is 10.5 Å². The van der Waals surface area contributed by atoms with Gasteiger partial charge in [-0.1, -0.05) is 17.8 Å². The van der Waals surface area contributed by atoms with Crippen LogP contribution in [0.2, 0.25) is 0 Å². The molecule has 0 aliphatic heterocycles. The number of nitrogens with two attached hydrogens (primary N) is 1. The number of pyridine rings is 3. The molecule has 6 nitrogen and oxygen atoms in total. The highest BCUT2D eigenvalue weighted by atomic mass is 32.2. The lowest BCUT2D eigenvalue weighted by molar-refractivity contribution is 0.0993. The first-order valence-electron chi connectivity index (χ1n) is 7.11. The van der Waals surface area contributed by atoms with Crippen LogP contribution in [0.15, 0.2) is 64.9 Å². The number of rotatable bonds is 5. The topological polar surface area (TPSA) is 91.0 Å². The van der Waals surface area contributed by atoms with Gasteiger partial charge in [0.25, 0.3) is 5.91 Å². The number of nitrogens with zero attached hydrogens (tertiary/aromatic N) is 3. The number of amides is 1. The fourth-order valence-corrected chi connectivity index (χ4v) is 2.74. The first kappa shape index (κ1) is 15.9. The van der Waals surface area contributed by atoms with Crippen LogP contribution in [-0.4, -0.2) is 20.9 Å². The molecule has 24 heavy (non-hydrogen) atoms. The number of ether oxygens (including phenoxy) is 1. The summed E-state index contributed by atoms with van der Waals surface area (Å²) in [6.07, 6.45) is 4.95. The van der Waals surface area contributed by atoms with Crippen molar-refractivity contribution in [3.8, 4) is 11.5 Å². The smallest absolute Gasteiger partial charge is 0.271 e. The quantitative estimate of drug-likeness (QED) is 0.768. The molecular weight excluding hydrogens is 324 g/mol. The van der Waals surface area contributed by atoms with Gasteiger partial charge in [-0.05, 0) is 37.3 Å². The van der Waals surface area contributed by atoms with Gasteiger partial charge in [-0.2, -0.15) is 0 Å². The molecule has 7 heteroatoms. The maximum Gasteiger partial charge on any atom is 0.271 e. The second-order valence-corrected chi connectivity index (χ2v) is 5.93. The Morgan fingerprint density at radius 3 is 2.62 bits per heavy atom. The standard InChI is InChI=1S/C17H14N4O2S/c1-11-13(5-4-8-19-11)23-14-9-12(10-21-16(14)17(18)22)24-15-6-2-3-7-20-15/h2-10H,1H3,(H2,18,22). The highest BCUT2D eigenvalue weighted by Crippen LogP contribution is 2.32. The Labute approximate surface area is 143 Å². The van der Waals surface area contributed by atoms with Gasteiger partial charge in [0.15, 0.2) is 11.4 Å². The van der Waals surface area contributed by atoms with Crippen LogP contribution < -0.4 is 10.5 Å². The van der Waals surface area contributed by atoms with E-state index in [1.54, 1.807) is 36.8 Å². The average Bonchev–Trinajstić information content (AvgIpc) is 2.58. The van der Waals surface area contributed by atoms with Crippen molar-refractivity contribution in [2.45, 2.75) is 16.8 Å². The van der Waals surface area contributed by atoms with E-state index < -0.39 is 5.91 Å². The van der Waals surface area contributed by atoms with Gasteiger partial charge in [0.2, 0.25) is 0 Å². The Morgan fingerprint density at radius 2 is 1.92 bits per heavy atom. The minimum atomic E-state index is -0.652. The van der Waals surface area contributed by atoms with Crippen molar-refractivity contribution in [2.24, 2.45) is 5.73 Å². The molecule has 0 saturated heterocycles. The molecule has 3 rings (SSSR count). The minimum absolute atomic E-state index is 0.0728. The zero-order chi connectivity index (χ0) is 16.9. The van der Waals surface area contributed by atoms with Crippen molar-refractivity contribution in [3.05, 3.63) is 66.4 Å². The van der Waals surface area contributed by atoms with Crippen LogP contribution in [-0.2, 0) is 0 Å². The molecule has 0 aliphatic rings. The van der Waals surface area contributed by atoms with Crippen LogP contribution in [0.1, 0.15) is 16.2 Å². The molecular formula is C17H14N4O2S. The fourth-order valence-electron chi connectivity index (χ4n) is 1.97. The number of aromatic nitrogens is 3. The highest BCUT2D eigenvalue weighted by molar-refractivity contribution is 7.99. The number of primary amides is 1. The largest absolute Gasteiger partial charge is 0.453 e. The summed E-state index contributed by atoms with van der Waals surface area (Å²) in [6, 6.07) is 10.9.